The summed E-state index contributed by atoms with van der Waals surface area (Å²) in [6, 6.07) is 0. The van der Waals surface area contributed by atoms with E-state index in [1.165, 1.54) is 11.4 Å². The highest BCUT2D eigenvalue weighted by atomic mass is 32.9. The smallest absolute Gasteiger partial charge is 0.236 e. The van der Waals surface area contributed by atoms with E-state index in [1.807, 2.05) is 6.26 Å². The Balaban J connectivity index is 4.21. The summed E-state index contributed by atoms with van der Waals surface area (Å²) >= 11 is 6.73. The van der Waals surface area contributed by atoms with Gasteiger partial charge in [0.05, 0.1) is 0 Å². The van der Waals surface area contributed by atoms with E-state index in [0.717, 1.165) is 0 Å². The standard InChI is InChI=1S/C5H15O2PS2Si/c1-6-8(9,10-2)7-11(3,4)5/h1-5H3. The highest BCUT2D eigenvalue weighted by Crippen LogP contribution is 2.60. The molecule has 0 N–H and O–H groups in total. The molecule has 0 saturated heterocycles. The SMILES string of the molecule is COP(=S)(O[Si](C)(C)C)SC. The minimum Gasteiger partial charge on any atom is -0.364 e. The van der Waals surface area contributed by atoms with Crippen molar-refractivity contribution >= 4 is 37.2 Å². The van der Waals surface area contributed by atoms with Gasteiger partial charge in [-0.1, -0.05) is 11.4 Å². The molecule has 1 atom stereocenters. The molecule has 68 valence electrons. The Morgan fingerprint density at radius 2 is 1.82 bits per heavy atom. The van der Waals surface area contributed by atoms with E-state index in [4.69, 9.17) is 20.5 Å². The highest BCUT2D eigenvalue weighted by Gasteiger charge is 2.25. The van der Waals surface area contributed by atoms with Crippen LogP contribution in [0.4, 0.5) is 0 Å². The van der Waals surface area contributed by atoms with Gasteiger partial charge in [-0.25, -0.2) is 0 Å². The molecule has 0 rings (SSSR count). The van der Waals surface area contributed by atoms with Gasteiger partial charge in [-0.15, -0.1) is 0 Å². The molecule has 0 aromatic rings. The first-order valence-corrected chi connectivity index (χ1v) is 11.1. The zero-order valence-corrected chi connectivity index (χ0v) is 11.1. The fraction of sp³-hybridized carbons (Fsp3) is 1.00. The summed E-state index contributed by atoms with van der Waals surface area (Å²) in [7, 11) is 0.0872. The monoisotopic (exact) mass is 230 g/mol. The van der Waals surface area contributed by atoms with Crippen LogP contribution in [0.25, 0.3) is 0 Å². The van der Waals surface area contributed by atoms with Crippen molar-refractivity contribution in [2.24, 2.45) is 0 Å². The normalized spacial score (nSPS) is 17.9. The molecule has 0 aliphatic rings. The molecule has 2 nitrogen and oxygen atoms in total. The maximum Gasteiger partial charge on any atom is 0.236 e. The molecule has 0 aromatic heterocycles. The summed E-state index contributed by atoms with van der Waals surface area (Å²) in [4.78, 5) is 0. The minimum atomic E-state index is -1.99. The molecule has 6 heteroatoms. The van der Waals surface area contributed by atoms with Crippen LogP contribution in [0.2, 0.25) is 19.6 Å². The van der Waals surface area contributed by atoms with Gasteiger partial charge in [0.1, 0.15) is 0 Å². The molecular weight excluding hydrogens is 215 g/mol. The molecular formula is C5H15O2PS2Si. The Hall–Kier alpha value is 1.14. The van der Waals surface area contributed by atoms with E-state index in [2.05, 4.69) is 19.6 Å². The lowest BCUT2D eigenvalue weighted by Crippen LogP contribution is -2.23. The van der Waals surface area contributed by atoms with Gasteiger partial charge in [-0.3, -0.25) is 0 Å². The summed E-state index contributed by atoms with van der Waals surface area (Å²) in [6.45, 7) is 6.34. The summed E-state index contributed by atoms with van der Waals surface area (Å²) in [6.07, 6.45) is 1.93. The highest BCUT2D eigenvalue weighted by molar-refractivity contribution is 8.67. The van der Waals surface area contributed by atoms with Crippen molar-refractivity contribution in [2.45, 2.75) is 19.6 Å². The average Bonchev–Trinajstić information content (AvgIpc) is 1.84. The first kappa shape index (κ1) is 12.1. The van der Waals surface area contributed by atoms with Gasteiger partial charge in [0.25, 0.3) is 0 Å². The maximum absolute atomic E-state index is 5.73. The van der Waals surface area contributed by atoms with E-state index >= 15 is 0 Å². The van der Waals surface area contributed by atoms with Gasteiger partial charge in [-0.05, 0) is 37.7 Å². The third-order valence-corrected chi connectivity index (χ3v) is 9.73. The number of hydrogen-bond acceptors (Lipinski definition) is 4. The van der Waals surface area contributed by atoms with Crippen LogP contribution >= 0.6 is 17.1 Å². The average molecular weight is 230 g/mol. The number of rotatable bonds is 4. The van der Waals surface area contributed by atoms with Crippen molar-refractivity contribution in [1.29, 1.82) is 0 Å². The molecule has 0 bridgehead atoms. The van der Waals surface area contributed by atoms with Crippen LogP contribution in [-0.4, -0.2) is 21.7 Å². The zero-order chi connectivity index (χ0) is 9.12. The maximum atomic E-state index is 5.73. The Bertz CT molecular complexity index is 160. The van der Waals surface area contributed by atoms with Crippen LogP contribution in [0.5, 0.6) is 0 Å². The van der Waals surface area contributed by atoms with Crippen LogP contribution < -0.4 is 0 Å². The molecule has 0 fully saturated rings. The van der Waals surface area contributed by atoms with Gasteiger partial charge in [-0.2, -0.15) is 0 Å². The van der Waals surface area contributed by atoms with E-state index in [9.17, 15) is 0 Å². The third kappa shape index (κ3) is 5.39. The lowest BCUT2D eigenvalue weighted by atomic mass is 11.8. The summed E-state index contributed by atoms with van der Waals surface area (Å²) < 4.78 is 10.9. The van der Waals surface area contributed by atoms with Crippen molar-refractivity contribution < 1.29 is 8.74 Å². The Morgan fingerprint density at radius 3 is 1.91 bits per heavy atom. The molecule has 0 aliphatic heterocycles. The lowest BCUT2D eigenvalue weighted by Gasteiger charge is -2.25. The topological polar surface area (TPSA) is 18.5 Å². The van der Waals surface area contributed by atoms with Crippen LogP contribution in [0.3, 0.4) is 0 Å². The van der Waals surface area contributed by atoms with Crippen molar-refractivity contribution in [2.75, 3.05) is 13.4 Å². The second kappa shape index (κ2) is 4.39. The largest absolute Gasteiger partial charge is 0.364 e. The molecule has 0 aromatic carbocycles. The van der Waals surface area contributed by atoms with Gasteiger partial charge in [0.2, 0.25) is 5.69 Å². The molecule has 0 amide bonds. The Morgan fingerprint density at radius 1 is 1.36 bits per heavy atom. The lowest BCUT2D eigenvalue weighted by molar-refractivity contribution is 0.408. The second-order valence-electron chi connectivity index (χ2n) is 3.02. The van der Waals surface area contributed by atoms with Crippen LogP contribution in [0.15, 0.2) is 0 Å². The second-order valence-corrected chi connectivity index (χ2v) is 14.3. The molecule has 0 heterocycles. The van der Waals surface area contributed by atoms with Gasteiger partial charge in [0, 0.05) is 7.11 Å². The first-order chi connectivity index (χ1) is 4.83. The van der Waals surface area contributed by atoms with Gasteiger partial charge >= 0.3 is 0 Å². The minimum absolute atomic E-state index is 1.52. The Kier molecular flexibility index (Phi) is 4.85. The molecule has 0 saturated carbocycles. The summed E-state index contributed by atoms with van der Waals surface area (Å²) in [5.41, 5.74) is -1.99. The van der Waals surface area contributed by atoms with Crippen LogP contribution in [0.1, 0.15) is 0 Å². The predicted molar refractivity (Wildman–Crippen MR) is 59.2 cm³/mol. The predicted octanol–water partition coefficient (Wildman–Crippen LogP) is 3.07. The van der Waals surface area contributed by atoms with Crippen molar-refractivity contribution in [3.05, 3.63) is 0 Å². The summed E-state index contributed by atoms with van der Waals surface area (Å²) in [5, 5.41) is 0. The van der Waals surface area contributed by atoms with Crippen molar-refractivity contribution in [1.82, 2.24) is 0 Å². The quantitative estimate of drug-likeness (QED) is 0.545. The summed E-state index contributed by atoms with van der Waals surface area (Å²) in [5.74, 6) is 0. The Labute approximate surface area is 79.1 Å². The number of hydrogen-bond donors (Lipinski definition) is 0. The van der Waals surface area contributed by atoms with Gasteiger partial charge in [0.15, 0.2) is 8.32 Å². The van der Waals surface area contributed by atoms with E-state index in [1.54, 1.807) is 7.11 Å². The first-order valence-electron chi connectivity index (χ1n) is 3.25. The van der Waals surface area contributed by atoms with Crippen molar-refractivity contribution in [3.63, 3.8) is 0 Å². The molecule has 1 unspecified atom stereocenters. The van der Waals surface area contributed by atoms with Crippen molar-refractivity contribution in [3.8, 4) is 0 Å². The van der Waals surface area contributed by atoms with E-state index < -0.39 is 14.0 Å². The van der Waals surface area contributed by atoms with E-state index in [-0.39, 0.29) is 0 Å². The molecule has 0 spiro atoms. The molecule has 0 aliphatic carbocycles. The van der Waals surface area contributed by atoms with E-state index in [0.29, 0.717) is 0 Å². The fourth-order valence-electron chi connectivity index (χ4n) is 0.484. The van der Waals surface area contributed by atoms with Crippen LogP contribution in [0, 0.1) is 0 Å². The van der Waals surface area contributed by atoms with Gasteiger partial charge < -0.3 is 8.74 Å². The molecule has 0 radical (unpaired) electrons. The van der Waals surface area contributed by atoms with Crippen LogP contribution in [-0.2, 0) is 20.5 Å². The fourth-order valence-corrected chi connectivity index (χ4v) is 9.06. The third-order valence-electron chi connectivity index (χ3n) is 0.833. The molecule has 11 heavy (non-hydrogen) atoms. The zero-order valence-electron chi connectivity index (χ0n) is 7.58.